The number of hydrogen-bond donors (Lipinski definition) is 3. The van der Waals surface area contributed by atoms with Gasteiger partial charge in [0.05, 0.1) is 5.92 Å². The van der Waals surface area contributed by atoms with E-state index in [1.165, 1.54) is 0 Å². The lowest BCUT2D eigenvalue weighted by molar-refractivity contribution is -0.142. The number of carboxylic acids is 1. The van der Waals surface area contributed by atoms with E-state index in [9.17, 15) is 14.7 Å². The zero-order valence-electron chi connectivity index (χ0n) is 18.5. The smallest absolute Gasteiger partial charge is 0.306 e. The summed E-state index contributed by atoms with van der Waals surface area (Å²) in [6.07, 6.45) is 8.23. The van der Waals surface area contributed by atoms with E-state index < -0.39 is 11.9 Å². The number of H-pyrrole nitrogens is 1. The third-order valence-corrected chi connectivity index (χ3v) is 6.12. The number of carboxylic acid groups (broad SMARTS) is 1. The third-order valence-electron chi connectivity index (χ3n) is 5.77. The Morgan fingerprint density at radius 1 is 1.31 bits per heavy atom. The molecule has 7 heteroatoms. The molecule has 2 heterocycles. The second kappa shape index (κ2) is 10.7. The fourth-order valence-electron chi connectivity index (χ4n) is 4.03. The Morgan fingerprint density at radius 2 is 2.09 bits per heavy atom. The fourth-order valence-corrected chi connectivity index (χ4v) is 4.31. The number of aromatic amines is 1. The van der Waals surface area contributed by atoms with Crippen LogP contribution in [0.15, 0.2) is 47.4 Å². The summed E-state index contributed by atoms with van der Waals surface area (Å²) in [7, 11) is 0. The van der Waals surface area contributed by atoms with Crippen molar-refractivity contribution >= 4 is 28.5 Å². The summed E-state index contributed by atoms with van der Waals surface area (Å²) in [4.78, 5) is 27.3. The highest BCUT2D eigenvalue weighted by atomic mass is 35.5. The van der Waals surface area contributed by atoms with E-state index in [0.29, 0.717) is 42.9 Å². The molecule has 4 N–H and O–H groups in total. The molecular weight excluding hydrogens is 426 g/mol. The first-order chi connectivity index (χ1) is 15.3. The number of fused-ring (bicyclic) bond motifs is 1. The van der Waals surface area contributed by atoms with Crippen molar-refractivity contribution in [3.63, 3.8) is 0 Å². The number of aromatic nitrogens is 2. The Hall–Kier alpha value is -2.83. The van der Waals surface area contributed by atoms with Crippen molar-refractivity contribution in [2.45, 2.75) is 46.1 Å². The Bertz CT molecular complexity index is 1190. The predicted octanol–water partition coefficient (Wildman–Crippen LogP) is 4.91. The molecule has 0 aliphatic carbocycles. The van der Waals surface area contributed by atoms with Crippen molar-refractivity contribution in [3.05, 3.63) is 69.2 Å². The SMILES string of the molecule is C/C=C/Cn1cc(-c2ccc(CCCC(CCN)C(=O)O)c(Cl)c2)c2cc(C)[nH]c2c1=O. The molecule has 6 nitrogen and oxygen atoms in total. The van der Waals surface area contributed by atoms with Crippen LogP contribution in [0.2, 0.25) is 5.02 Å². The van der Waals surface area contributed by atoms with Gasteiger partial charge in [-0.05, 0) is 69.3 Å². The quantitative estimate of drug-likeness (QED) is 0.378. The van der Waals surface area contributed by atoms with Crippen LogP contribution < -0.4 is 11.3 Å². The summed E-state index contributed by atoms with van der Waals surface area (Å²) >= 11 is 6.61. The van der Waals surface area contributed by atoms with E-state index in [1.54, 1.807) is 4.57 Å². The van der Waals surface area contributed by atoms with Gasteiger partial charge in [-0.15, -0.1) is 0 Å². The second-order valence-corrected chi connectivity index (χ2v) is 8.53. The van der Waals surface area contributed by atoms with Crippen molar-refractivity contribution in [2.75, 3.05) is 6.54 Å². The molecule has 0 amide bonds. The summed E-state index contributed by atoms with van der Waals surface area (Å²) in [6.45, 7) is 4.73. The van der Waals surface area contributed by atoms with Crippen molar-refractivity contribution in [1.29, 1.82) is 0 Å². The third kappa shape index (κ3) is 5.31. The lowest BCUT2D eigenvalue weighted by Crippen LogP contribution is -2.19. The first-order valence-electron chi connectivity index (χ1n) is 10.9. The number of halogens is 1. The summed E-state index contributed by atoms with van der Waals surface area (Å²) in [6, 6.07) is 7.91. The van der Waals surface area contributed by atoms with Crippen LogP contribution in [0.4, 0.5) is 0 Å². The van der Waals surface area contributed by atoms with Crippen LogP contribution in [-0.4, -0.2) is 27.2 Å². The van der Waals surface area contributed by atoms with Crippen LogP contribution in [0.1, 0.15) is 37.4 Å². The number of aryl methyl sites for hydroxylation is 2. The number of benzene rings is 1. The monoisotopic (exact) mass is 455 g/mol. The van der Waals surface area contributed by atoms with Crippen LogP contribution in [0.5, 0.6) is 0 Å². The zero-order chi connectivity index (χ0) is 23.3. The molecule has 0 saturated carbocycles. The first-order valence-corrected chi connectivity index (χ1v) is 11.3. The standard InChI is InChI=1S/C25H30ClN3O3/c1-3-4-12-29-15-21(20-13-16(2)28-23(20)24(29)30)19-9-8-17(22(26)14-19)6-5-7-18(10-11-27)25(31)32/h3-4,8-9,13-15,18,28H,5-7,10-12,27H2,1-2H3,(H,31,32)/b4-3+. The zero-order valence-corrected chi connectivity index (χ0v) is 19.3. The van der Waals surface area contributed by atoms with E-state index in [-0.39, 0.29) is 5.56 Å². The Morgan fingerprint density at radius 3 is 2.75 bits per heavy atom. The summed E-state index contributed by atoms with van der Waals surface area (Å²) in [5, 5.41) is 10.8. The maximum absolute atomic E-state index is 12.8. The van der Waals surface area contributed by atoms with Gasteiger partial charge in [-0.3, -0.25) is 9.59 Å². The second-order valence-electron chi connectivity index (χ2n) is 8.12. The molecule has 32 heavy (non-hydrogen) atoms. The maximum atomic E-state index is 12.8. The summed E-state index contributed by atoms with van der Waals surface area (Å²) in [5.41, 5.74) is 9.84. The molecule has 0 aliphatic rings. The minimum absolute atomic E-state index is 0.0527. The largest absolute Gasteiger partial charge is 0.481 e. The van der Waals surface area contributed by atoms with Gasteiger partial charge in [0.1, 0.15) is 5.52 Å². The van der Waals surface area contributed by atoms with E-state index in [1.807, 2.05) is 56.5 Å². The fraction of sp³-hybridized carbons (Fsp3) is 0.360. The Labute approximate surface area is 192 Å². The minimum atomic E-state index is -0.796. The molecule has 3 rings (SSSR count). The van der Waals surface area contributed by atoms with E-state index in [2.05, 4.69) is 4.98 Å². The number of pyridine rings is 1. The van der Waals surface area contributed by atoms with E-state index in [4.69, 9.17) is 17.3 Å². The molecule has 1 unspecified atom stereocenters. The molecule has 0 bridgehead atoms. The summed E-state index contributed by atoms with van der Waals surface area (Å²) in [5.74, 6) is -1.21. The van der Waals surface area contributed by atoms with Gasteiger partial charge >= 0.3 is 5.97 Å². The van der Waals surface area contributed by atoms with Crippen molar-refractivity contribution < 1.29 is 9.90 Å². The van der Waals surface area contributed by atoms with Gasteiger partial charge < -0.3 is 20.4 Å². The number of carbonyl (C=O) groups is 1. The maximum Gasteiger partial charge on any atom is 0.306 e. The summed E-state index contributed by atoms with van der Waals surface area (Å²) < 4.78 is 1.69. The van der Waals surface area contributed by atoms with Crippen LogP contribution >= 0.6 is 11.6 Å². The molecule has 0 radical (unpaired) electrons. The first kappa shape index (κ1) is 23.8. The molecule has 0 spiro atoms. The molecule has 1 aromatic carbocycles. The highest BCUT2D eigenvalue weighted by Gasteiger charge is 2.17. The normalized spacial score (nSPS) is 12.6. The van der Waals surface area contributed by atoms with Crippen LogP contribution in [0.3, 0.4) is 0 Å². The molecule has 0 aliphatic heterocycles. The van der Waals surface area contributed by atoms with Gasteiger partial charge in [-0.25, -0.2) is 0 Å². The van der Waals surface area contributed by atoms with Gasteiger partial charge in [-0.1, -0.05) is 35.9 Å². The number of nitrogens with one attached hydrogen (secondary N) is 1. The van der Waals surface area contributed by atoms with Gasteiger partial charge in [-0.2, -0.15) is 0 Å². The molecular formula is C25H30ClN3O3. The number of nitrogens with zero attached hydrogens (tertiary/aromatic N) is 1. The predicted molar refractivity (Wildman–Crippen MR) is 130 cm³/mol. The average molecular weight is 456 g/mol. The van der Waals surface area contributed by atoms with Gasteiger partial charge in [0.15, 0.2) is 0 Å². The highest BCUT2D eigenvalue weighted by molar-refractivity contribution is 6.31. The molecule has 0 saturated heterocycles. The van der Waals surface area contributed by atoms with Crippen LogP contribution in [0.25, 0.3) is 22.0 Å². The Balaban J connectivity index is 1.89. The molecule has 3 aromatic rings. The molecule has 2 aromatic heterocycles. The molecule has 1 atom stereocenters. The highest BCUT2D eigenvalue weighted by Crippen LogP contribution is 2.31. The van der Waals surface area contributed by atoms with Crippen molar-refractivity contribution in [1.82, 2.24) is 9.55 Å². The average Bonchev–Trinajstić information content (AvgIpc) is 3.15. The Kier molecular flexibility index (Phi) is 7.94. The van der Waals surface area contributed by atoms with E-state index >= 15 is 0 Å². The van der Waals surface area contributed by atoms with Crippen molar-refractivity contribution in [2.24, 2.45) is 11.7 Å². The topological polar surface area (TPSA) is 101 Å². The van der Waals surface area contributed by atoms with Crippen LogP contribution in [0, 0.1) is 12.8 Å². The number of aliphatic carboxylic acids is 1. The van der Waals surface area contributed by atoms with Gasteiger partial charge in [0.2, 0.25) is 0 Å². The molecule has 170 valence electrons. The van der Waals surface area contributed by atoms with Gasteiger partial charge in [0.25, 0.3) is 5.56 Å². The number of rotatable bonds is 10. The number of hydrogen-bond acceptors (Lipinski definition) is 3. The number of nitrogens with two attached hydrogens (primary N) is 1. The molecule has 0 fully saturated rings. The lowest BCUT2D eigenvalue weighted by Gasteiger charge is -2.13. The van der Waals surface area contributed by atoms with Crippen molar-refractivity contribution in [3.8, 4) is 11.1 Å². The van der Waals surface area contributed by atoms with Gasteiger partial charge in [0, 0.05) is 34.4 Å². The van der Waals surface area contributed by atoms with E-state index in [0.717, 1.165) is 34.2 Å². The van der Waals surface area contributed by atoms with Crippen LogP contribution in [-0.2, 0) is 17.8 Å². The minimum Gasteiger partial charge on any atom is -0.481 e. The lowest BCUT2D eigenvalue weighted by atomic mass is 9.95. The number of allylic oxidation sites excluding steroid dienone is 2.